The molecule has 6 aliphatic heterocycles. The van der Waals surface area contributed by atoms with E-state index in [1.54, 1.807) is 0 Å². The van der Waals surface area contributed by atoms with E-state index in [-0.39, 0.29) is 36.5 Å². The number of esters is 4. The fourth-order valence-electron chi connectivity index (χ4n) is 10.4. The molecular weight excluding hydrogens is 899 g/mol. The van der Waals surface area contributed by atoms with Crippen LogP contribution in [0.15, 0.2) is 106 Å². The van der Waals surface area contributed by atoms with Crippen LogP contribution >= 0.6 is 0 Å². The number of unbranched alkanes of at least 4 members (excludes halogenated alkanes) is 3. The maximum Gasteiger partial charge on any atom is 0.303 e. The lowest BCUT2D eigenvalue weighted by Crippen LogP contribution is -2.66. The first-order valence-electron chi connectivity index (χ1n) is 24.5. The van der Waals surface area contributed by atoms with E-state index in [1.165, 1.54) is 6.92 Å². The Kier molecular flexibility index (Phi) is 16.1. The van der Waals surface area contributed by atoms with Crippen molar-refractivity contribution in [1.82, 2.24) is 10.6 Å². The Morgan fingerprint density at radius 2 is 1.50 bits per heavy atom. The third-order valence-electron chi connectivity index (χ3n) is 13.8. The number of ether oxygens (including phenoxy) is 6. The molecule has 6 heterocycles. The number of allylic oxidation sites excluding steroid dienone is 11. The highest BCUT2D eigenvalue weighted by Gasteiger charge is 2.53. The highest BCUT2D eigenvalue weighted by Crippen LogP contribution is 2.47. The minimum Gasteiger partial charge on any atom is -0.511 e. The molecule has 7 rings (SSSR count). The first-order chi connectivity index (χ1) is 33.3. The van der Waals surface area contributed by atoms with Crippen molar-refractivity contribution in [3.63, 3.8) is 0 Å². The molecule has 2 fully saturated rings. The van der Waals surface area contributed by atoms with Gasteiger partial charge < -0.3 is 44.2 Å². The number of aliphatic hydroxyl groups is 1. The minimum absolute atomic E-state index is 0.0589. The molecule has 8 atom stereocenters. The fraction of sp³-hybridized carbons (Fsp3) is 0.547. The van der Waals surface area contributed by atoms with Gasteiger partial charge in [-0.05, 0) is 87.5 Å². The molecule has 8 bridgehead atoms. The summed E-state index contributed by atoms with van der Waals surface area (Å²) in [6, 6.07) is 0. The van der Waals surface area contributed by atoms with E-state index in [9.17, 15) is 29.1 Å². The summed E-state index contributed by atoms with van der Waals surface area (Å²) < 4.78 is 34.6. The largest absolute Gasteiger partial charge is 0.511 e. The highest BCUT2D eigenvalue weighted by molar-refractivity contribution is 6.21. The van der Waals surface area contributed by atoms with Gasteiger partial charge in [-0.1, -0.05) is 40.0 Å². The van der Waals surface area contributed by atoms with Crippen LogP contribution in [0.4, 0.5) is 0 Å². The molecular formula is C53H67N5O12. The average Bonchev–Trinajstić information content (AvgIpc) is 4.05. The van der Waals surface area contributed by atoms with Crippen LogP contribution in [0.3, 0.4) is 0 Å². The van der Waals surface area contributed by atoms with Gasteiger partial charge >= 0.3 is 23.9 Å². The second-order valence-corrected chi connectivity index (χ2v) is 18.8. The van der Waals surface area contributed by atoms with Gasteiger partial charge in [-0.3, -0.25) is 24.0 Å². The van der Waals surface area contributed by atoms with Gasteiger partial charge in [-0.15, -0.1) is 0 Å². The van der Waals surface area contributed by atoms with E-state index in [1.807, 2.05) is 13.0 Å². The van der Waals surface area contributed by atoms with Gasteiger partial charge in [-0.2, -0.15) is 0 Å². The molecule has 70 heavy (non-hydrogen) atoms. The van der Waals surface area contributed by atoms with Gasteiger partial charge in [0.25, 0.3) is 0 Å². The standard InChI is InChI=1S/C53H67N5O12/c1-12-14-15-16-19-65-29(7)46-27(5)39-21-38-26(4)35(17-18-45(64)58-53-52(69-33(11)62)51(68-32(10)61)50(67-31(9)60)44(70-53)24-66-30(8)59)48(56-38)36-20-43(63)47-28(6)40(57-49(36)47)22-41-34(13-2)25(3)37(54-41)23-42(46)55-39/h21-23,26,29,35,44,50-53,56,63H,12-20,24H2,1-11H3,(H,58,64)/t26-,29?,35-,44+,50+,51-,52+,53+/m0/s1. The Hall–Kier alpha value is -6.20. The molecule has 0 radical (unpaired) electrons. The van der Waals surface area contributed by atoms with Gasteiger partial charge in [0, 0.05) is 87.1 Å². The number of amides is 1. The Labute approximate surface area is 409 Å². The SMILES string of the molecule is CCCCCCOC(C)C1=C(C)C2=NC1=CC1=NC(=CC3=C(C)C4=C(O)CC(=C5NC(=C2)[C@@H](C)[C@@H]5CCC(=O)N[C@@H]2O[C@H](COC(C)=O)[C@@H](OC(C)=O)[C@H](OC(C)=O)[C@H]2OC(C)=O)C4=N3)C(CC)=C1C. The molecule has 1 unspecified atom stereocenters. The molecule has 376 valence electrons. The number of nitrogens with zero attached hydrogens (tertiary/aromatic N) is 3. The van der Waals surface area contributed by atoms with Crippen molar-refractivity contribution < 1.29 is 57.5 Å². The predicted molar refractivity (Wildman–Crippen MR) is 261 cm³/mol. The highest BCUT2D eigenvalue weighted by atomic mass is 16.7. The number of hydrogen-bond donors (Lipinski definition) is 3. The zero-order valence-electron chi connectivity index (χ0n) is 42.2. The van der Waals surface area contributed by atoms with Crippen molar-refractivity contribution in [2.45, 2.75) is 164 Å². The number of carbonyl (C=O) groups excluding carboxylic acids is 5. The number of aliphatic hydroxyl groups excluding tert-OH is 1. The Bertz CT molecular complexity index is 2580. The number of aliphatic imine (C=N–C) groups is 3. The molecule has 2 saturated heterocycles. The van der Waals surface area contributed by atoms with E-state index in [0.29, 0.717) is 30.0 Å². The summed E-state index contributed by atoms with van der Waals surface area (Å²) in [7, 11) is 0. The first-order valence-corrected chi connectivity index (χ1v) is 24.5. The summed E-state index contributed by atoms with van der Waals surface area (Å²) in [6.07, 6.45) is 4.56. The number of hydrogen-bond acceptors (Lipinski definition) is 16. The topological polar surface area (TPSA) is 222 Å². The van der Waals surface area contributed by atoms with Crippen molar-refractivity contribution in [1.29, 1.82) is 0 Å². The van der Waals surface area contributed by atoms with Crippen LogP contribution in [0.2, 0.25) is 0 Å². The summed E-state index contributed by atoms with van der Waals surface area (Å²) in [5.74, 6) is -3.76. The molecule has 0 aromatic heterocycles. The van der Waals surface area contributed by atoms with E-state index in [0.717, 1.165) is 121 Å². The number of nitrogens with one attached hydrogen (secondary N) is 2. The monoisotopic (exact) mass is 965 g/mol. The van der Waals surface area contributed by atoms with Gasteiger partial charge in [0.1, 0.15) is 18.5 Å². The van der Waals surface area contributed by atoms with Crippen LogP contribution in [-0.4, -0.2) is 102 Å². The molecule has 17 nitrogen and oxygen atoms in total. The van der Waals surface area contributed by atoms with Crippen LogP contribution in [0, 0.1) is 11.8 Å². The van der Waals surface area contributed by atoms with Gasteiger partial charge in [0.05, 0.1) is 40.3 Å². The summed E-state index contributed by atoms with van der Waals surface area (Å²) in [5.41, 5.74) is 12.8. The van der Waals surface area contributed by atoms with Crippen molar-refractivity contribution in [3.8, 4) is 0 Å². The fourth-order valence-corrected chi connectivity index (χ4v) is 10.4. The third-order valence-corrected chi connectivity index (χ3v) is 13.8. The Balaban J connectivity index is 1.25. The van der Waals surface area contributed by atoms with E-state index in [2.05, 4.69) is 64.3 Å². The molecule has 0 aromatic carbocycles. The van der Waals surface area contributed by atoms with Crippen LogP contribution in [0.5, 0.6) is 0 Å². The molecule has 7 aliphatic rings. The predicted octanol–water partition coefficient (Wildman–Crippen LogP) is 7.62. The third kappa shape index (κ3) is 10.9. The molecule has 1 amide bonds. The van der Waals surface area contributed by atoms with Gasteiger partial charge in [0.2, 0.25) is 5.91 Å². The molecule has 0 saturated carbocycles. The lowest BCUT2D eigenvalue weighted by Gasteiger charge is -2.44. The van der Waals surface area contributed by atoms with E-state index >= 15 is 0 Å². The van der Waals surface area contributed by atoms with Crippen molar-refractivity contribution in [3.05, 3.63) is 91.5 Å². The van der Waals surface area contributed by atoms with Crippen molar-refractivity contribution in [2.24, 2.45) is 26.8 Å². The second kappa shape index (κ2) is 21.8. The average molecular weight is 966 g/mol. The summed E-state index contributed by atoms with van der Waals surface area (Å²) in [6.45, 7) is 19.4. The maximum absolute atomic E-state index is 14.2. The molecule has 17 heteroatoms. The molecule has 1 aliphatic carbocycles. The number of rotatable bonds is 17. The first kappa shape index (κ1) is 51.6. The van der Waals surface area contributed by atoms with Crippen LogP contribution in [-0.2, 0) is 52.4 Å². The van der Waals surface area contributed by atoms with Crippen LogP contribution < -0.4 is 10.6 Å². The van der Waals surface area contributed by atoms with Crippen molar-refractivity contribution >= 4 is 46.9 Å². The summed E-state index contributed by atoms with van der Waals surface area (Å²) >= 11 is 0. The number of fused-ring (bicyclic) bond motifs is 5. The second-order valence-electron chi connectivity index (χ2n) is 18.8. The zero-order chi connectivity index (χ0) is 50.7. The normalized spacial score (nSPS) is 26.3. The maximum atomic E-state index is 14.2. The number of carbonyl (C=O) groups is 5. The van der Waals surface area contributed by atoms with Gasteiger partial charge in [0.15, 0.2) is 24.5 Å². The Morgan fingerprint density at radius 3 is 2.17 bits per heavy atom. The molecule has 0 spiro atoms. The Morgan fingerprint density at radius 1 is 0.829 bits per heavy atom. The minimum atomic E-state index is -1.46. The zero-order valence-corrected chi connectivity index (χ0v) is 42.2. The molecule has 3 N–H and O–H groups in total. The summed E-state index contributed by atoms with van der Waals surface area (Å²) in [5, 5.41) is 18.2. The van der Waals surface area contributed by atoms with Crippen molar-refractivity contribution in [2.75, 3.05) is 13.2 Å². The van der Waals surface area contributed by atoms with Gasteiger partial charge in [-0.25, -0.2) is 15.0 Å². The van der Waals surface area contributed by atoms with Crippen LogP contribution in [0.1, 0.15) is 128 Å². The quantitative estimate of drug-likeness (QED) is 0.0726. The molecule has 0 aromatic rings. The smallest absolute Gasteiger partial charge is 0.303 e. The van der Waals surface area contributed by atoms with E-state index < -0.39 is 67.0 Å². The van der Waals surface area contributed by atoms with E-state index in [4.69, 9.17) is 43.4 Å². The lowest BCUT2D eigenvalue weighted by molar-refractivity contribution is -0.257. The summed E-state index contributed by atoms with van der Waals surface area (Å²) in [4.78, 5) is 79.0. The van der Waals surface area contributed by atoms with Crippen LogP contribution in [0.25, 0.3) is 0 Å². The lowest BCUT2D eigenvalue weighted by atomic mass is 9.86.